The van der Waals surface area contributed by atoms with Gasteiger partial charge in [0.25, 0.3) is 0 Å². The van der Waals surface area contributed by atoms with Gasteiger partial charge in [-0.1, -0.05) is 107 Å². The van der Waals surface area contributed by atoms with Crippen LogP contribution in [-0.4, -0.2) is 13.2 Å². The van der Waals surface area contributed by atoms with Crippen molar-refractivity contribution in [2.75, 3.05) is 13.2 Å². The highest BCUT2D eigenvalue weighted by Gasteiger charge is 2.39. The van der Waals surface area contributed by atoms with Crippen molar-refractivity contribution in [1.82, 2.24) is 0 Å². The largest absolute Gasteiger partial charge is 0.426 e. The Hall–Kier alpha value is -0.630. The summed E-state index contributed by atoms with van der Waals surface area (Å²) in [6.45, 7) is 24.2. The maximum atomic E-state index is 6.65. The number of benzene rings is 1. The van der Waals surface area contributed by atoms with Gasteiger partial charge in [0.1, 0.15) is 5.75 Å². The molecule has 0 amide bonds. The summed E-state index contributed by atoms with van der Waals surface area (Å²) in [6, 6.07) is 4.72. The molecule has 0 atom stereocenters. The van der Waals surface area contributed by atoms with Crippen LogP contribution in [0.5, 0.6) is 5.75 Å². The second kappa shape index (κ2) is 11.9. The molecule has 1 saturated heterocycles. The van der Waals surface area contributed by atoms with Crippen molar-refractivity contribution in [3.05, 3.63) is 28.8 Å². The molecule has 1 aromatic carbocycles. The lowest BCUT2D eigenvalue weighted by Gasteiger charge is -2.40. The standard InChI is InChI=1S/C29H51O3P/c1-11-13-15-29(16-14-12-2)20-30-33(31-21-29)32-26-24(27(5,6)7)18-23(17-22(3)4)19-25(26)28(8,9)10/h18-19,22H,11-17,20-21H2,1-10H3. The molecule has 4 heteroatoms. The molecular weight excluding hydrogens is 427 g/mol. The fourth-order valence-corrected chi connectivity index (χ4v) is 5.88. The van der Waals surface area contributed by atoms with E-state index in [1.165, 1.54) is 55.2 Å². The average molecular weight is 479 g/mol. The van der Waals surface area contributed by atoms with Crippen LogP contribution in [0.2, 0.25) is 0 Å². The minimum atomic E-state index is -1.39. The molecule has 1 aromatic rings. The summed E-state index contributed by atoms with van der Waals surface area (Å²) in [7, 11) is -1.39. The topological polar surface area (TPSA) is 27.7 Å². The summed E-state index contributed by atoms with van der Waals surface area (Å²) in [5.74, 6) is 1.59. The van der Waals surface area contributed by atoms with E-state index in [-0.39, 0.29) is 16.2 Å². The quantitative estimate of drug-likeness (QED) is 0.313. The fraction of sp³-hybridized carbons (Fsp3) is 0.793. The monoisotopic (exact) mass is 478 g/mol. The molecule has 0 saturated carbocycles. The molecule has 0 aromatic heterocycles. The van der Waals surface area contributed by atoms with Gasteiger partial charge < -0.3 is 13.6 Å². The van der Waals surface area contributed by atoms with Crippen LogP contribution in [0.1, 0.15) is 124 Å². The molecule has 0 N–H and O–H groups in total. The first-order valence-corrected chi connectivity index (χ1v) is 14.3. The molecule has 1 heterocycles. The van der Waals surface area contributed by atoms with Gasteiger partial charge in [0, 0.05) is 16.5 Å². The SMILES string of the molecule is CCCCC1(CCCC)COP(Oc2c(C(C)(C)C)cc(CC(C)C)cc2C(C)(C)C)OC1. The van der Waals surface area contributed by atoms with Crippen LogP contribution in [0.4, 0.5) is 0 Å². The average Bonchev–Trinajstić information content (AvgIpc) is 2.71. The Morgan fingerprint density at radius 2 is 1.33 bits per heavy atom. The second-order valence-corrected chi connectivity index (χ2v) is 13.8. The Labute approximate surface area is 206 Å². The third-order valence-electron chi connectivity index (χ3n) is 6.65. The first kappa shape index (κ1) is 28.6. The third-order valence-corrected chi connectivity index (χ3v) is 7.66. The van der Waals surface area contributed by atoms with Crippen molar-refractivity contribution >= 4 is 8.60 Å². The highest BCUT2D eigenvalue weighted by atomic mass is 31.2. The smallest absolute Gasteiger partial charge is 0.397 e. The van der Waals surface area contributed by atoms with Crippen LogP contribution in [0, 0.1) is 11.3 Å². The van der Waals surface area contributed by atoms with Crippen molar-refractivity contribution < 1.29 is 13.6 Å². The Morgan fingerprint density at radius 3 is 1.70 bits per heavy atom. The van der Waals surface area contributed by atoms with Gasteiger partial charge in [-0.25, -0.2) is 0 Å². The van der Waals surface area contributed by atoms with E-state index in [9.17, 15) is 0 Å². The van der Waals surface area contributed by atoms with Crippen molar-refractivity contribution in [2.45, 2.75) is 125 Å². The summed E-state index contributed by atoms with van der Waals surface area (Å²) in [4.78, 5) is 0. The van der Waals surface area contributed by atoms with E-state index in [4.69, 9.17) is 13.6 Å². The Morgan fingerprint density at radius 1 is 0.879 bits per heavy atom. The Bertz CT molecular complexity index is 689. The van der Waals surface area contributed by atoms with Crippen LogP contribution < -0.4 is 4.52 Å². The predicted octanol–water partition coefficient (Wildman–Crippen LogP) is 9.50. The lowest BCUT2D eigenvalue weighted by Crippen LogP contribution is -2.35. The number of unbranched alkanes of at least 4 members (excludes halogenated alkanes) is 2. The zero-order valence-electron chi connectivity index (χ0n) is 23.3. The molecule has 1 aliphatic rings. The summed E-state index contributed by atoms with van der Waals surface area (Å²) >= 11 is 0. The van der Waals surface area contributed by atoms with E-state index in [0.717, 1.165) is 25.4 Å². The van der Waals surface area contributed by atoms with Crippen molar-refractivity contribution in [3.63, 3.8) is 0 Å². The minimum absolute atomic E-state index is 0.0283. The molecule has 0 aliphatic carbocycles. The van der Waals surface area contributed by atoms with E-state index in [1.807, 2.05) is 0 Å². The Balaban J connectivity index is 2.34. The molecule has 1 fully saturated rings. The van der Waals surface area contributed by atoms with Crippen LogP contribution in [0.3, 0.4) is 0 Å². The lowest BCUT2D eigenvalue weighted by molar-refractivity contribution is 0.00323. The number of hydrogen-bond donors (Lipinski definition) is 0. The first-order chi connectivity index (χ1) is 15.3. The molecule has 3 nitrogen and oxygen atoms in total. The van der Waals surface area contributed by atoms with E-state index >= 15 is 0 Å². The minimum Gasteiger partial charge on any atom is -0.426 e. The van der Waals surface area contributed by atoms with Crippen molar-refractivity contribution in [3.8, 4) is 5.75 Å². The van der Waals surface area contributed by atoms with Crippen molar-refractivity contribution in [1.29, 1.82) is 0 Å². The van der Waals surface area contributed by atoms with Gasteiger partial charge in [-0.2, -0.15) is 0 Å². The van der Waals surface area contributed by atoms with E-state index in [0.29, 0.717) is 5.92 Å². The van der Waals surface area contributed by atoms with Crippen LogP contribution in [-0.2, 0) is 26.3 Å². The van der Waals surface area contributed by atoms with E-state index in [2.05, 4.69) is 81.4 Å². The van der Waals surface area contributed by atoms with Gasteiger partial charge in [-0.05, 0) is 41.6 Å². The number of rotatable bonds is 10. The third kappa shape index (κ3) is 8.22. The molecule has 1 aliphatic heterocycles. The second-order valence-electron chi connectivity index (χ2n) is 12.7. The lowest BCUT2D eigenvalue weighted by atomic mass is 9.77. The summed E-state index contributed by atoms with van der Waals surface area (Å²) in [5, 5.41) is 0. The molecule has 2 rings (SSSR count). The molecule has 0 unspecified atom stereocenters. The normalized spacial score (nSPS) is 17.5. The van der Waals surface area contributed by atoms with Gasteiger partial charge in [0.05, 0.1) is 13.2 Å². The maximum absolute atomic E-state index is 6.65. The molecule has 0 bridgehead atoms. The molecule has 0 radical (unpaired) electrons. The van der Waals surface area contributed by atoms with Crippen LogP contribution in [0.15, 0.2) is 12.1 Å². The summed E-state index contributed by atoms with van der Waals surface area (Å²) in [6.07, 6.45) is 8.32. The molecule has 190 valence electrons. The predicted molar refractivity (Wildman–Crippen MR) is 143 cm³/mol. The fourth-order valence-electron chi connectivity index (χ4n) is 4.59. The molecule has 33 heavy (non-hydrogen) atoms. The maximum Gasteiger partial charge on any atom is 0.397 e. The molecule has 0 spiro atoms. The highest BCUT2D eigenvalue weighted by Crippen LogP contribution is 2.53. The van der Waals surface area contributed by atoms with Crippen LogP contribution in [0.25, 0.3) is 0 Å². The van der Waals surface area contributed by atoms with Gasteiger partial charge in [-0.15, -0.1) is 0 Å². The van der Waals surface area contributed by atoms with Gasteiger partial charge in [0.15, 0.2) is 0 Å². The van der Waals surface area contributed by atoms with Gasteiger partial charge in [-0.3, -0.25) is 0 Å². The zero-order chi connectivity index (χ0) is 24.9. The van der Waals surface area contributed by atoms with Gasteiger partial charge >= 0.3 is 8.60 Å². The highest BCUT2D eigenvalue weighted by molar-refractivity contribution is 7.42. The summed E-state index contributed by atoms with van der Waals surface area (Å²) < 4.78 is 19.3. The number of hydrogen-bond acceptors (Lipinski definition) is 3. The van der Waals surface area contributed by atoms with E-state index < -0.39 is 8.60 Å². The van der Waals surface area contributed by atoms with E-state index in [1.54, 1.807) is 0 Å². The first-order valence-electron chi connectivity index (χ1n) is 13.2. The Kier molecular flexibility index (Phi) is 10.3. The summed E-state index contributed by atoms with van der Waals surface area (Å²) in [5.41, 5.74) is 4.00. The van der Waals surface area contributed by atoms with Crippen molar-refractivity contribution in [2.24, 2.45) is 11.3 Å². The van der Waals surface area contributed by atoms with Gasteiger partial charge in [0.2, 0.25) is 0 Å². The van der Waals surface area contributed by atoms with Crippen LogP contribution >= 0.6 is 8.60 Å². The zero-order valence-corrected chi connectivity index (χ0v) is 24.2. The molecular formula is C29H51O3P.